The Bertz CT molecular complexity index is 846. The van der Waals surface area contributed by atoms with E-state index in [2.05, 4.69) is 42.7 Å². The van der Waals surface area contributed by atoms with E-state index in [1.54, 1.807) is 11.3 Å². The summed E-state index contributed by atoms with van der Waals surface area (Å²) in [5.41, 5.74) is 2.30. The standard InChI is InChI=1S/C19H22ClN5S/c20-19-23-16-7-13-26-17(16)18(24-19)25-11-5-15(6-12-25)22-8-1-2-14-3-9-21-10-4-14/h3-4,7,9-10,13,15,22H,1-2,5-6,8,11-12H2. The smallest absolute Gasteiger partial charge is 0.224 e. The van der Waals surface area contributed by atoms with Crippen LogP contribution in [0.25, 0.3) is 10.2 Å². The number of nitrogens with one attached hydrogen (secondary N) is 1. The average Bonchev–Trinajstić information content (AvgIpc) is 3.14. The maximum absolute atomic E-state index is 6.10. The van der Waals surface area contributed by atoms with E-state index in [1.807, 2.05) is 18.5 Å². The van der Waals surface area contributed by atoms with E-state index in [1.165, 1.54) is 5.56 Å². The first kappa shape index (κ1) is 17.6. The van der Waals surface area contributed by atoms with Crippen molar-refractivity contribution >= 4 is 39.0 Å². The zero-order valence-electron chi connectivity index (χ0n) is 14.6. The molecule has 1 saturated heterocycles. The highest BCUT2D eigenvalue weighted by molar-refractivity contribution is 7.17. The summed E-state index contributed by atoms with van der Waals surface area (Å²) >= 11 is 7.79. The Balaban J connectivity index is 1.27. The Morgan fingerprint density at radius 3 is 2.77 bits per heavy atom. The second kappa shape index (κ2) is 8.29. The lowest BCUT2D eigenvalue weighted by Gasteiger charge is -2.33. The molecule has 7 heteroatoms. The van der Waals surface area contributed by atoms with Gasteiger partial charge in [0.05, 0.1) is 10.2 Å². The van der Waals surface area contributed by atoms with Gasteiger partial charge in [-0.05, 0) is 73.0 Å². The molecule has 0 aromatic carbocycles. The Morgan fingerprint density at radius 1 is 1.15 bits per heavy atom. The van der Waals surface area contributed by atoms with Crippen molar-refractivity contribution in [3.05, 3.63) is 46.8 Å². The number of hydrogen-bond acceptors (Lipinski definition) is 6. The molecule has 0 spiro atoms. The highest BCUT2D eigenvalue weighted by Gasteiger charge is 2.22. The largest absolute Gasteiger partial charge is 0.355 e. The number of pyridine rings is 1. The van der Waals surface area contributed by atoms with Gasteiger partial charge in [-0.15, -0.1) is 11.3 Å². The van der Waals surface area contributed by atoms with Crippen LogP contribution in [0.1, 0.15) is 24.8 Å². The van der Waals surface area contributed by atoms with Crippen LogP contribution in [-0.2, 0) is 6.42 Å². The van der Waals surface area contributed by atoms with Gasteiger partial charge in [0.2, 0.25) is 5.28 Å². The van der Waals surface area contributed by atoms with Gasteiger partial charge >= 0.3 is 0 Å². The minimum Gasteiger partial charge on any atom is -0.355 e. The number of nitrogens with zero attached hydrogens (tertiary/aromatic N) is 4. The predicted octanol–water partition coefficient (Wildman–Crippen LogP) is 3.93. The molecule has 0 radical (unpaired) electrons. The molecule has 1 aliphatic rings. The number of piperidine rings is 1. The Morgan fingerprint density at radius 2 is 1.96 bits per heavy atom. The molecule has 5 nitrogen and oxygen atoms in total. The van der Waals surface area contributed by atoms with Crippen LogP contribution in [0.5, 0.6) is 0 Å². The molecule has 26 heavy (non-hydrogen) atoms. The number of rotatable bonds is 6. The summed E-state index contributed by atoms with van der Waals surface area (Å²) in [6.07, 6.45) is 8.24. The zero-order chi connectivity index (χ0) is 17.8. The molecule has 0 bridgehead atoms. The third-order valence-corrected chi connectivity index (χ3v) is 5.95. The van der Waals surface area contributed by atoms with Crippen molar-refractivity contribution in [2.75, 3.05) is 24.5 Å². The van der Waals surface area contributed by atoms with Crippen LogP contribution in [0, 0.1) is 0 Å². The highest BCUT2D eigenvalue weighted by Crippen LogP contribution is 2.31. The molecule has 1 aliphatic heterocycles. The van der Waals surface area contributed by atoms with Gasteiger partial charge in [-0.1, -0.05) is 0 Å². The van der Waals surface area contributed by atoms with Crippen molar-refractivity contribution < 1.29 is 0 Å². The molecule has 1 N–H and O–H groups in total. The van der Waals surface area contributed by atoms with Crippen molar-refractivity contribution in [1.82, 2.24) is 20.3 Å². The number of thiophene rings is 1. The molecule has 0 amide bonds. The third kappa shape index (κ3) is 4.14. The van der Waals surface area contributed by atoms with Gasteiger partial charge in [0.25, 0.3) is 0 Å². The number of aryl methyl sites for hydroxylation is 1. The monoisotopic (exact) mass is 387 g/mol. The summed E-state index contributed by atoms with van der Waals surface area (Å²) in [6.45, 7) is 3.06. The first-order chi connectivity index (χ1) is 12.8. The molecule has 0 saturated carbocycles. The van der Waals surface area contributed by atoms with Crippen LogP contribution >= 0.6 is 22.9 Å². The second-order valence-electron chi connectivity index (χ2n) is 6.63. The summed E-state index contributed by atoms with van der Waals surface area (Å²) in [5, 5.41) is 6.10. The van der Waals surface area contributed by atoms with E-state index in [-0.39, 0.29) is 0 Å². The number of hydrogen-bond donors (Lipinski definition) is 1. The fourth-order valence-electron chi connectivity index (χ4n) is 3.48. The van der Waals surface area contributed by atoms with Gasteiger partial charge in [-0.3, -0.25) is 4.98 Å². The highest BCUT2D eigenvalue weighted by atomic mass is 35.5. The lowest BCUT2D eigenvalue weighted by Crippen LogP contribution is -2.43. The number of fused-ring (bicyclic) bond motifs is 1. The summed E-state index contributed by atoms with van der Waals surface area (Å²) in [6, 6.07) is 6.78. The first-order valence-electron chi connectivity index (χ1n) is 9.07. The topological polar surface area (TPSA) is 53.9 Å². The fraction of sp³-hybridized carbons (Fsp3) is 0.421. The van der Waals surface area contributed by atoms with E-state index in [0.29, 0.717) is 11.3 Å². The lowest BCUT2D eigenvalue weighted by atomic mass is 10.0. The number of anilines is 1. The third-order valence-electron chi connectivity index (χ3n) is 4.88. The van der Waals surface area contributed by atoms with Crippen LogP contribution in [-0.4, -0.2) is 40.6 Å². The van der Waals surface area contributed by atoms with Crippen LogP contribution in [0.15, 0.2) is 36.0 Å². The Hall–Kier alpha value is -1.76. The SMILES string of the molecule is Clc1nc(N2CCC(NCCCc3ccncc3)CC2)c2sccc2n1. The predicted molar refractivity (Wildman–Crippen MR) is 108 cm³/mol. The zero-order valence-corrected chi connectivity index (χ0v) is 16.1. The Labute approximate surface area is 162 Å². The van der Waals surface area contributed by atoms with Crippen LogP contribution in [0.4, 0.5) is 5.82 Å². The van der Waals surface area contributed by atoms with Crippen molar-refractivity contribution in [2.24, 2.45) is 0 Å². The molecule has 4 heterocycles. The van der Waals surface area contributed by atoms with Crippen molar-refractivity contribution in [2.45, 2.75) is 31.7 Å². The van der Waals surface area contributed by atoms with Gasteiger partial charge in [-0.2, -0.15) is 4.98 Å². The summed E-state index contributed by atoms with van der Waals surface area (Å²) in [7, 11) is 0. The molecule has 0 unspecified atom stereocenters. The van der Waals surface area contributed by atoms with Crippen LogP contribution in [0.3, 0.4) is 0 Å². The average molecular weight is 388 g/mol. The molecule has 0 atom stereocenters. The number of halogens is 1. The van der Waals surface area contributed by atoms with E-state index in [9.17, 15) is 0 Å². The molecule has 1 fully saturated rings. The Kier molecular flexibility index (Phi) is 5.62. The van der Waals surface area contributed by atoms with Crippen molar-refractivity contribution in [3.8, 4) is 0 Å². The second-order valence-corrected chi connectivity index (χ2v) is 7.88. The van der Waals surface area contributed by atoms with Crippen molar-refractivity contribution in [3.63, 3.8) is 0 Å². The molecule has 0 aliphatic carbocycles. The normalized spacial score (nSPS) is 15.7. The van der Waals surface area contributed by atoms with Gasteiger partial charge in [0.15, 0.2) is 5.82 Å². The van der Waals surface area contributed by atoms with E-state index < -0.39 is 0 Å². The molecule has 4 rings (SSSR count). The molecule has 136 valence electrons. The molecular weight excluding hydrogens is 366 g/mol. The summed E-state index contributed by atoms with van der Waals surface area (Å²) in [5.74, 6) is 0.992. The van der Waals surface area contributed by atoms with Gasteiger partial charge in [0.1, 0.15) is 0 Å². The van der Waals surface area contributed by atoms with Gasteiger partial charge in [0, 0.05) is 31.5 Å². The quantitative estimate of drug-likeness (QED) is 0.513. The van der Waals surface area contributed by atoms with E-state index >= 15 is 0 Å². The van der Waals surface area contributed by atoms with E-state index in [0.717, 1.165) is 61.4 Å². The van der Waals surface area contributed by atoms with Crippen LogP contribution < -0.4 is 10.2 Å². The van der Waals surface area contributed by atoms with Crippen LogP contribution in [0.2, 0.25) is 5.28 Å². The summed E-state index contributed by atoms with van der Waals surface area (Å²) < 4.78 is 1.14. The minimum atomic E-state index is 0.335. The minimum absolute atomic E-state index is 0.335. The fourth-order valence-corrected chi connectivity index (χ4v) is 4.50. The molecular formula is C19H22ClN5S. The van der Waals surface area contributed by atoms with E-state index in [4.69, 9.17) is 11.6 Å². The number of aromatic nitrogens is 3. The molecule has 3 aromatic heterocycles. The van der Waals surface area contributed by atoms with Gasteiger partial charge in [-0.25, -0.2) is 4.98 Å². The van der Waals surface area contributed by atoms with Gasteiger partial charge < -0.3 is 10.2 Å². The first-order valence-corrected chi connectivity index (χ1v) is 10.3. The maximum atomic E-state index is 6.10. The maximum Gasteiger partial charge on any atom is 0.224 e. The molecule has 3 aromatic rings. The lowest BCUT2D eigenvalue weighted by molar-refractivity contribution is 0.412. The van der Waals surface area contributed by atoms with Crippen molar-refractivity contribution in [1.29, 1.82) is 0 Å². The summed E-state index contributed by atoms with van der Waals surface area (Å²) in [4.78, 5) is 15.2.